The first-order valence-electron chi connectivity index (χ1n) is 4.97. The molecule has 0 aliphatic heterocycles. The molecule has 0 aliphatic carbocycles. The molecule has 1 heterocycles. The summed E-state index contributed by atoms with van der Waals surface area (Å²) in [6, 6.07) is 0. The van der Waals surface area contributed by atoms with E-state index < -0.39 is 17.8 Å². The van der Waals surface area contributed by atoms with Gasteiger partial charge in [0.2, 0.25) is 0 Å². The molecule has 16 heavy (non-hydrogen) atoms. The van der Waals surface area contributed by atoms with Gasteiger partial charge in [-0.05, 0) is 6.42 Å². The second-order valence-electron chi connectivity index (χ2n) is 3.49. The lowest BCUT2D eigenvalue weighted by molar-refractivity contribution is -0.138. The Bertz CT molecular complexity index is 348. The number of aryl methyl sites for hydroxylation is 1. The van der Waals surface area contributed by atoms with Crippen molar-refractivity contribution >= 4 is 11.3 Å². The van der Waals surface area contributed by atoms with Crippen LogP contribution in [0, 0.1) is 0 Å². The highest BCUT2D eigenvalue weighted by molar-refractivity contribution is 7.10. The van der Waals surface area contributed by atoms with Crippen LogP contribution >= 0.6 is 11.3 Å². The molecule has 92 valence electrons. The fourth-order valence-electron chi connectivity index (χ4n) is 1.53. The van der Waals surface area contributed by atoms with Crippen molar-refractivity contribution in [2.24, 2.45) is 5.73 Å². The van der Waals surface area contributed by atoms with Crippen molar-refractivity contribution < 1.29 is 18.3 Å². The van der Waals surface area contributed by atoms with E-state index in [9.17, 15) is 18.3 Å². The zero-order valence-corrected chi connectivity index (χ0v) is 9.66. The molecule has 1 aromatic rings. The van der Waals surface area contributed by atoms with Gasteiger partial charge in [0.05, 0.1) is 11.7 Å². The summed E-state index contributed by atoms with van der Waals surface area (Å²) in [7, 11) is 0. The van der Waals surface area contributed by atoms with Crippen LogP contribution in [0.3, 0.4) is 0 Å². The van der Waals surface area contributed by atoms with Crippen LogP contribution in [-0.2, 0) is 12.6 Å². The van der Waals surface area contributed by atoms with E-state index >= 15 is 0 Å². The minimum absolute atomic E-state index is 0.0400. The highest BCUT2D eigenvalue weighted by Gasteiger charge is 2.37. The van der Waals surface area contributed by atoms with Crippen molar-refractivity contribution in [3.63, 3.8) is 0 Å². The van der Waals surface area contributed by atoms with Crippen LogP contribution in [0.1, 0.15) is 35.5 Å². The predicted octanol–water partition coefficient (Wildman–Crippen LogP) is 2.71. The summed E-state index contributed by atoms with van der Waals surface area (Å²) < 4.78 is 38.0. The largest absolute Gasteiger partial charge is 0.417 e. The van der Waals surface area contributed by atoms with Gasteiger partial charge in [-0.25, -0.2) is 0 Å². The van der Waals surface area contributed by atoms with Gasteiger partial charge >= 0.3 is 6.18 Å². The summed E-state index contributed by atoms with van der Waals surface area (Å²) in [4.78, 5) is 0.577. The number of aliphatic hydroxyl groups is 1. The number of alkyl halides is 3. The molecule has 0 spiro atoms. The second kappa shape index (κ2) is 5.16. The van der Waals surface area contributed by atoms with Gasteiger partial charge in [-0.3, -0.25) is 0 Å². The maximum atomic E-state index is 12.7. The molecular formula is C10H14F3NOS. The van der Waals surface area contributed by atoms with Gasteiger partial charge in [0.1, 0.15) is 0 Å². The topological polar surface area (TPSA) is 46.2 Å². The molecule has 0 aromatic carbocycles. The van der Waals surface area contributed by atoms with Gasteiger partial charge in [0.15, 0.2) is 0 Å². The fourth-order valence-corrected chi connectivity index (χ4v) is 2.75. The Morgan fingerprint density at radius 3 is 2.56 bits per heavy atom. The molecule has 6 heteroatoms. The van der Waals surface area contributed by atoms with Crippen LogP contribution in [0.2, 0.25) is 0 Å². The molecule has 1 unspecified atom stereocenters. The predicted molar refractivity (Wildman–Crippen MR) is 57.3 cm³/mol. The van der Waals surface area contributed by atoms with Crippen LogP contribution in [-0.4, -0.2) is 11.7 Å². The SMILES string of the molecule is CCCc1scc(C(F)(F)F)c1C(O)CN. The van der Waals surface area contributed by atoms with E-state index in [1.54, 1.807) is 0 Å². The monoisotopic (exact) mass is 253 g/mol. The van der Waals surface area contributed by atoms with Crippen molar-refractivity contribution in [3.8, 4) is 0 Å². The average molecular weight is 253 g/mol. The second-order valence-corrected chi connectivity index (χ2v) is 4.45. The number of thiophene rings is 1. The minimum atomic E-state index is -4.42. The first-order chi connectivity index (χ1) is 7.41. The lowest BCUT2D eigenvalue weighted by atomic mass is 10.0. The van der Waals surface area contributed by atoms with Gasteiger partial charge in [-0.2, -0.15) is 13.2 Å². The zero-order valence-electron chi connectivity index (χ0n) is 8.84. The Hall–Kier alpha value is -0.590. The summed E-state index contributed by atoms with van der Waals surface area (Å²) in [5.74, 6) is 0. The van der Waals surface area contributed by atoms with E-state index in [0.29, 0.717) is 11.3 Å². The lowest BCUT2D eigenvalue weighted by Crippen LogP contribution is -2.17. The molecule has 1 atom stereocenters. The summed E-state index contributed by atoms with van der Waals surface area (Å²) in [6.45, 7) is 1.68. The van der Waals surface area contributed by atoms with E-state index in [2.05, 4.69) is 0 Å². The fraction of sp³-hybridized carbons (Fsp3) is 0.600. The number of halogens is 3. The number of hydrogen-bond donors (Lipinski definition) is 2. The van der Waals surface area contributed by atoms with Crippen molar-refractivity contribution in [2.75, 3.05) is 6.54 Å². The molecule has 0 saturated heterocycles. The van der Waals surface area contributed by atoms with E-state index in [4.69, 9.17) is 5.73 Å². The Labute approximate surface area is 95.9 Å². The molecular weight excluding hydrogens is 239 g/mol. The number of aliphatic hydroxyl groups excluding tert-OH is 1. The number of hydrogen-bond acceptors (Lipinski definition) is 3. The summed E-state index contributed by atoms with van der Waals surface area (Å²) in [5.41, 5.74) is 4.44. The van der Waals surface area contributed by atoms with Crippen molar-refractivity contribution in [3.05, 3.63) is 21.4 Å². The Morgan fingerprint density at radius 2 is 2.12 bits per heavy atom. The number of nitrogens with two attached hydrogens (primary N) is 1. The zero-order chi connectivity index (χ0) is 12.3. The third kappa shape index (κ3) is 2.75. The lowest BCUT2D eigenvalue weighted by Gasteiger charge is -2.14. The quantitative estimate of drug-likeness (QED) is 0.866. The van der Waals surface area contributed by atoms with E-state index in [1.165, 1.54) is 0 Å². The minimum Gasteiger partial charge on any atom is -0.387 e. The molecule has 0 aliphatic rings. The van der Waals surface area contributed by atoms with Crippen LogP contribution < -0.4 is 5.73 Å². The van der Waals surface area contributed by atoms with Crippen LogP contribution in [0.4, 0.5) is 13.2 Å². The molecule has 0 fully saturated rings. The normalized spacial score (nSPS) is 14.1. The molecule has 1 rings (SSSR count). The van der Waals surface area contributed by atoms with Gasteiger partial charge in [0.25, 0.3) is 0 Å². The van der Waals surface area contributed by atoms with Gasteiger partial charge in [-0.15, -0.1) is 11.3 Å². The number of rotatable bonds is 4. The molecule has 2 nitrogen and oxygen atoms in total. The summed E-state index contributed by atoms with van der Waals surface area (Å²) >= 11 is 1.04. The Kier molecular flexibility index (Phi) is 4.35. The van der Waals surface area contributed by atoms with Crippen LogP contribution in [0.15, 0.2) is 5.38 Å². The van der Waals surface area contributed by atoms with Crippen LogP contribution in [0.25, 0.3) is 0 Å². The first-order valence-corrected chi connectivity index (χ1v) is 5.85. The Balaban J connectivity index is 3.19. The summed E-state index contributed by atoms with van der Waals surface area (Å²) in [5, 5.41) is 10.6. The van der Waals surface area contributed by atoms with Crippen molar-refractivity contribution in [1.82, 2.24) is 0 Å². The maximum Gasteiger partial charge on any atom is 0.417 e. The Morgan fingerprint density at radius 1 is 1.50 bits per heavy atom. The third-order valence-corrected chi connectivity index (χ3v) is 3.31. The maximum absolute atomic E-state index is 12.7. The van der Waals surface area contributed by atoms with E-state index in [1.807, 2.05) is 6.92 Å². The van der Waals surface area contributed by atoms with Crippen molar-refractivity contribution in [2.45, 2.75) is 32.0 Å². The average Bonchev–Trinajstić information content (AvgIpc) is 2.60. The van der Waals surface area contributed by atoms with E-state index in [-0.39, 0.29) is 12.1 Å². The van der Waals surface area contributed by atoms with E-state index in [0.717, 1.165) is 23.1 Å². The smallest absolute Gasteiger partial charge is 0.387 e. The molecule has 1 aromatic heterocycles. The molecule has 0 radical (unpaired) electrons. The standard InChI is InChI=1S/C10H14F3NOS/c1-2-3-8-9(7(15)4-14)6(5-16-8)10(11,12)13/h5,7,15H,2-4,14H2,1H3. The molecule has 0 saturated carbocycles. The summed E-state index contributed by atoms with van der Waals surface area (Å²) in [6.07, 6.45) is -4.38. The van der Waals surface area contributed by atoms with Gasteiger partial charge in [0, 0.05) is 22.4 Å². The highest BCUT2D eigenvalue weighted by Crippen LogP contribution is 2.40. The molecule has 0 amide bonds. The van der Waals surface area contributed by atoms with Gasteiger partial charge < -0.3 is 10.8 Å². The van der Waals surface area contributed by atoms with Crippen molar-refractivity contribution in [1.29, 1.82) is 0 Å². The van der Waals surface area contributed by atoms with Crippen LogP contribution in [0.5, 0.6) is 0 Å². The molecule has 3 N–H and O–H groups in total. The first kappa shape index (κ1) is 13.5. The van der Waals surface area contributed by atoms with Gasteiger partial charge in [-0.1, -0.05) is 13.3 Å². The highest BCUT2D eigenvalue weighted by atomic mass is 32.1. The molecule has 0 bridgehead atoms. The third-order valence-electron chi connectivity index (χ3n) is 2.25.